The van der Waals surface area contributed by atoms with E-state index in [1.165, 1.54) is 0 Å². The fourth-order valence-electron chi connectivity index (χ4n) is 1.94. The molecule has 4 heteroatoms. The lowest BCUT2D eigenvalue weighted by atomic mass is 10.1. The van der Waals surface area contributed by atoms with Crippen molar-refractivity contribution in [3.8, 4) is 11.5 Å². The number of ether oxygens (including phenoxy) is 2. The highest BCUT2D eigenvalue weighted by Gasteiger charge is 2.16. The second-order valence-corrected chi connectivity index (χ2v) is 4.49. The number of nitrogens with zero attached hydrogens (tertiary/aromatic N) is 1. The molecule has 0 radical (unpaired) electrons. The minimum absolute atomic E-state index is 0.0228. The van der Waals surface area contributed by atoms with E-state index >= 15 is 0 Å². The molecule has 0 spiro atoms. The second-order valence-electron chi connectivity index (χ2n) is 4.49. The first-order chi connectivity index (χ1) is 9.22. The summed E-state index contributed by atoms with van der Waals surface area (Å²) in [6, 6.07) is 9.07. The van der Waals surface area contributed by atoms with Crippen LogP contribution in [-0.4, -0.2) is 17.6 Å². The van der Waals surface area contributed by atoms with Gasteiger partial charge < -0.3 is 9.47 Å². The third-order valence-electron chi connectivity index (χ3n) is 3.01. The van der Waals surface area contributed by atoms with Crippen LogP contribution in [0, 0.1) is 6.92 Å². The first-order valence-corrected chi connectivity index (χ1v) is 6.07. The standard InChI is InChI=1S/C15H13NO3/c1-10-2-4-12(16-8-10)7-13(17)11-3-5-14-15(6-11)19-9-18-14/h2-6,8H,7,9H2,1H3. The molecule has 19 heavy (non-hydrogen) atoms. The Kier molecular flexibility index (Phi) is 2.91. The van der Waals surface area contributed by atoms with Gasteiger partial charge in [-0.1, -0.05) is 6.07 Å². The van der Waals surface area contributed by atoms with Crippen molar-refractivity contribution in [1.82, 2.24) is 4.98 Å². The van der Waals surface area contributed by atoms with E-state index in [2.05, 4.69) is 4.98 Å². The summed E-state index contributed by atoms with van der Waals surface area (Å²) in [5.41, 5.74) is 2.47. The monoisotopic (exact) mass is 255 g/mol. The van der Waals surface area contributed by atoms with Gasteiger partial charge in [-0.2, -0.15) is 0 Å². The molecule has 0 amide bonds. The molecule has 0 N–H and O–H groups in total. The number of hydrogen-bond donors (Lipinski definition) is 0. The van der Waals surface area contributed by atoms with Crippen LogP contribution in [0.25, 0.3) is 0 Å². The lowest BCUT2D eigenvalue weighted by molar-refractivity contribution is 0.0991. The van der Waals surface area contributed by atoms with Gasteiger partial charge in [0.2, 0.25) is 6.79 Å². The van der Waals surface area contributed by atoms with Gasteiger partial charge >= 0.3 is 0 Å². The van der Waals surface area contributed by atoms with Crippen LogP contribution in [0.1, 0.15) is 21.6 Å². The van der Waals surface area contributed by atoms with Gasteiger partial charge in [-0.25, -0.2) is 0 Å². The van der Waals surface area contributed by atoms with Crippen molar-refractivity contribution in [2.75, 3.05) is 6.79 Å². The Bertz CT molecular complexity index is 620. The van der Waals surface area contributed by atoms with Crippen molar-refractivity contribution in [1.29, 1.82) is 0 Å². The molecule has 0 fully saturated rings. The summed E-state index contributed by atoms with van der Waals surface area (Å²) in [5.74, 6) is 1.34. The Hall–Kier alpha value is -2.36. The molecule has 0 bridgehead atoms. The summed E-state index contributed by atoms with van der Waals surface area (Å²) >= 11 is 0. The lowest BCUT2D eigenvalue weighted by Gasteiger charge is -2.03. The van der Waals surface area contributed by atoms with E-state index in [-0.39, 0.29) is 12.6 Å². The summed E-state index contributed by atoms with van der Waals surface area (Å²) in [5, 5.41) is 0. The van der Waals surface area contributed by atoms with E-state index in [0.717, 1.165) is 11.3 Å². The predicted octanol–water partition coefficient (Wildman–Crippen LogP) is 2.54. The summed E-state index contributed by atoms with van der Waals surface area (Å²) < 4.78 is 10.5. The van der Waals surface area contributed by atoms with Crippen molar-refractivity contribution in [2.24, 2.45) is 0 Å². The summed E-state index contributed by atoms with van der Waals surface area (Å²) in [4.78, 5) is 16.4. The number of carbonyl (C=O) groups excluding carboxylic acids is 1. The summed E-state index contributed by atoms with van der Waals surface area (Å²) in [6.45, 7) is 2.18. The molecule has 0 aliphatic carbocycles. The number of pyridine rings is 1. The molecule has 4 nitrogen and oxygen atoms in total. The number of hydrogen-bond acceptors (Lipinski definition) is 4. The number of carbonyl (C=O) groups is 1. The molecule has 96 valence electrons. The highest BCUT2D eigenvalue weighted by molar-refractivity contribution is 5.97. The maximum absolute atomic E-state index is 12.2. The first-order valence-electron chi connectivity index (χ1n) is 6.07. The molecule has 1 aliphatic heterocycles. The van der Waals surface area contributed by atoms with Crippen LogP contribution in [0.3, 0.4) is 0 Å². The maximum Gasteiger partial charge on any atom is 0.231 e. The molecule has 1 aromatic carbocycles. The van der Waals surface area contributed by atoms with Gasteiger partial charge in [0, 0.05) is 17.5 Å². The molecular weight excluding hydrogens is 242 g/mol. The van der Waals surface area contributed by atoms with E-state index in [9.17, 15) is 4.79 Å². The molecule has 0 unspecified atom stereocenters. The van der Waals surface area contributed by atoms with Crippen LogP contribution in [0.5, 0.6) is 11.5 Å². The third kappa shape index (κ3) is 2.42. The van der Waals surface area contributed by atoms with Gasteiger partial charge in [0.15, 0.2) is 17.3 Å². The number of aromatic nitrogens is 1. The van der Waals surface area contributed by atoms with Crippen LogP contribution in [0.4, 0.5) is 0 Å². The molecule has 0 saturated carbocycles. The normalized spacial score (nSPS) is 12.5. The minimum atomic E-state index is 0.0228. The predicted molar refractivity (Wildman–Crippen MR) is 69.6 cm³/mol. The SMILES string of the molecule is Cc1ccc(CC(=O)c2ccc3c(c2)OCO3)nc1. The highest BCUT2D eigenvalue weighted by atomic mass is 16.7. The van der Waals surface area contributed by atoms with Gasteiger partial charge in [-0.05, 0) is 36.8 Å². The van der Waals surface area contributed by atoms with E-state index in [0.29, 0.717) is 23.5 Å². The lowest BCUT2D eigenvalue weighted by Crippen LogP contribution is -2.05. The average molecular weight is 255 g/mol. The molecule has 0 saturated heterocycles. The minimum Gasteiger partial charge on any atom is -0.454 e. The fraction of sp³-hybridized carbons (Fsp3) is 0.200. The molecule has 3 rings (SSSR count). The van der Waals surface area contributed by atoms with Crippen molar-refractivity contribution in [3.05, 3.63) is 53.3 Å². The van der Waals surface area contributed by atoms with E-state index in [4.69, 9.17) is 9.47 Å². The number of aryl methyl sites for hydroxylation is 1. The number of ketones is 1. The second kappa shape index (κ2) is 4.72. The molecule has 1 aliphatic rings. The largest absolute Gasteiger partial charge is 0.454 e. The average Bonchev–Trinajstić information content (AvgIpc) is 2.88. The highest BCUT2D eigenvalue weighted by Crippen LogP contribution is 2.32. The maximum atomic E-state index is 12.2. The topological polar surface area (TPSA) is 48.4 Å². The Labute approximate surface area is 111 Å². The van der Waals surface area contributed by atoms with Crippen molar-refractivity contribution < 1.29 is 14.3 Å². The Balaban J connectivity index is 1.78. The molecule has 2 heterocycles. The molecular formula is C15H13NO3. The third-order valence-corrected chi connectivity index (χ3v) is 3.01. The smallest absolute Gasteiger partial charge is 0.231 e. The van der Waals surface area contributed by atoms with Gasteiger partial charge in [-0.3, -0.25) is 9.78 Å². The van der Waals surface area contributed by atoms with E-state index in [1.807, 2.05) is 19.1 Å². The Morgan fingerprint density at radius 3 is 2.84 bits per heavy atom. The Morgan fingerprint density at radius 2 is 2.05 bits per heavy atom. The number of Topliss-reactive ketones (excluding diaryl/α,β-unsaturated/α-hetero) is 1. The van der Waals surface area contributed by atoms with Crippen LogP contribution in [-0.2, 0) is 6.42 Å². The summed E-state index contributed by atoms with van der Waals surface area (Å²) in [7, 11) is 0. The van der Waals surface area contributed by atoms with Crippen LogP contribution in [0.15, 0.2) is 36.5 Å². The van der Waals surface area contributed by atoms with Gasteiger partial charge in [0.05, 0.1) is 6.42 Å². The van der Waals surface area contributed by atoms with Crippen LogP contribution < -0.4 is 9.47 Å². The van der Waals surface area contributed by atoms with E-state index in [1.54, 1.807) is 24.4 Å². The zero-order valence-electron chi connectivity index (χ0n) is 10.6. The van der Waals surface area contributed by atoms with Crippen molar-refractivity contribution in [2.45, 2.75) is 13.3 Å². The van der Waals surface area contributed by atoms with Crippen molar-refractivity contribution >= 4 is 5.78 Å². The summed E-state index contributed by atoms with van der Waals surface area (Å²) in [6.07, 6.45) is 2.06. The molecule has 1 aromatic heterocycles. The fourth-order valence-corrected chi connectivity index (χ4v) is 1.94. The van der Waals surface area contributed by atoms with Crippen LogP contribution in [0.2, 0.25) is 0 Å². The van der Waals surface area contributed by atoms with Gasteiger partial charge in [-0.15, -0.1) is 0 Å². The Morgan fingerprint density at radius 1 is 1.21 bits per heavy atom. The number of fused-ring (bicyclic) bond motifs is 1. The molecule has 0 atom stereocenters. The zero-order chi connectivity index (χ0) is 13.2. The number of benzene rings is 1. The van der Waals surface area contributed by atoms with Crippen LogP contribution >= 0.6 is 0 Å². The van der Waals surface area contributed by atoms with Gasteiger partial charge in [0.25, 0.3) is 0 Å². The van der Waals surface area contributed by atoms with Crippen molar-refractivity contribution in [3.63, 3.8) is 0 Å². The first kappa shape index (κ1) is 11.7. The zero-order valence-corrected chi connectivity index (χ0v) is 10.6. The molecule has 2 aromatic rings. The van der Waals surface area contributed by atoms with E-state index < -0.39 is 0 Å². The quantitative estimate of drug-likeness (QED) is 0.791. The van der Waals surface area contributed by atoms with Gasteiger partial charge in [0.1, 0.15) is 0 Å². The number of rotatable bonds is 3.